The predicted molar refractivity (Wildman–Crippen MR) is 137 cm³/mol. The normalized spacial score (nSPS) is 19.1. The summed E-state index contributed by atoms with van der Waals surface area (Å²) >= 11 is 0. The van der Waals surface area contributed by atoms with Crippen LogP contribution in [-0.2, 0) is 14.3 Å². The highest BCUT2D eigenvalue weighted by atomic mass is 19.3. The van der Waals surface area contributed by atoms with E-state index in [1.54, 1.807) is 4.90 Å². The SMILES string of the molecule is Nc1ncc(-c2nc(N3CCOCC3)nc(N3CCN(C(=O)CC4CCN(C=O)CC4)CC3)n2)c(C(F)F)n1. The molecular formula is C24H32F2N10O3. The first-order valence-corrected chi connectivity index (χ1v) is 13.1. The van der Waals surface area contributed by atoms with Crippen LogP contribution in [0.3, 0.4) is 0 Å². The van der Waals surface area contributed by atoms with E-state index in [9.17, 15) is 18.4 Å². The molecule has 210 valence electrons. The molecule has 15 heteroatoms. The number of rotatable bonds is 7. The number of alkyl halides is 2. The Morgan fingerprint density at radius 1 is 0.974 bits per heavy atom. The van der Waals surface area contributed by atoms with Gasteiger partial charge in [-0.05, 0) is 18.8 Å². The van der Waals surface area contributed by atoms with Gasteiger partial charge in [0.25, 0.3) is 6.43 Å². The Hall–Kier alpha value is -3.75. The zero-order chi connectivity index (χ0) is 27.4. The monoisotopic (exact) mass is 546 g/mol. The van der Waals surface area contributed by atoms with Crippen LogP contribution in [0, 0.1) is 5.92 Å². The number of carbonyl (C=O) groups excluding carboxylic acids is 2. The zero-order valence-electron chi connectivity index (χ0n) is 21.6. The number of hydrogen-bond acceptors (Lipinski definition) is 11. The first kappa shape index (κ1) is 26.8. The van der Waals surface area contributed by atoms with E-state index in [4.69, 9.17) is 10.5 Å². The molecule has 3 aliphatic heterocycles. The van der Waals surface area contributed by atoms with E-state index in [1.165, 1.54) is 6.20 Å². The highest BCUT2D eigenvalue weighted by molar-refractivity contribution is 5.76. The second kappa shape index (κ2) is 12.0. The lowest BCUT2D eigenvalue weighted by Gasteiger charge is -2.36. The van der Waals surface area contributed by atoms with Gasteiger partial charge in [0.2, 0.25) is 30.2 Å². The molecule has 2 aromatic rings. The number of aromatic nitrogens is 5. The van der Waals surface area contributed by atoms with Crippen molar-refractivity contribution in [1.29, 1.82) is 0 Å². The van der Waals surface area contributed by atoms with Gasteiger partial charge in [0.05, 0.1) is 18.8 Å². The fourth-order valence-electron chi connectivity index (χ4n) is 5.06. The Morgan fingerprint density at radius 3 is 2.23 bits per heavy atom. The molecule has 5 rings (SSSR count). The summed E-state index contributed by atoms with van der Waals surface area (Å²) in [7, 11) is 0. The number of nitrogens with two attached hydrogens (primary N) is 1. The average Bonchev–Trinajstić information content (AvgIpc) is 2.97. The van der Waals surface area contributed by atoms with E-state index < -0.39 is 12.1 Å². The second-order valence-corrected chi connectivity index (χ2v) is 9.84. The van der Waals surface area contributed by atoms with Gasteiger partial charge >= 0.3 is 0 Å². The van der Waals surface area contributed by atoms with Gasteiger partial charge < -0.3 is 30.1 Å². The molecule has 3 aliphatic rings. The molecule has 0 unspecified atom stereocenters. The minimum Gasteiger partial charge on any atom is -0.378 e. The minimum atomic E-state index is -2.89. The van der Waals surface area contributed by atoms with E-state index in [0.717, 1.165) is 19.3 Å². The van der Waals surface area contributed by atoms with E-state index in [-0.39, 0.29) is 29.2 Å². The van der Waals surface area contributed by atoms with Crippen LogP contribution in [0.2, 0.25) is 0 Å². The summed E-state index contributed by atoms with van der Waals surface area (Å²) in [5.74, 6) is 0.858. The highest BCUT2D eigenvalue weighted by Crippen LogP contribution is 2.30. The number of halogens is 2. The molecule has 2 N–H and O–H groups in total. The van der Waals surface area contributed by atoms with Crippen molar-refractivity contribution in [3.8, 4) is 11.4 Å². The summed E-state index contributed by atoms with van der Waals surface area (Å²) in [6.45, 7) is 5.44. The zero-order valence-corrected chi connectivity index (χ0v) is 21.6. The van der Waals surface area contributed by atoms with Gasteiger partial charge in [0.15, 0.2) is 5.82 Å². The summed E-state index contributed by atoms with van der Waals surface area (Å²) in [5, 5.41) is 0. The van der Waals surface area contributed by atoms with E-state index in [2.05, 4.69) is 24.9 Å². The highest BCUT2D eigenvalue weighted by Gasteiger charge is 2.29. The number of anilines is 3. The number of nitrogens with zero attached hydrogens (tertiary/aromatic N) is 9. The Morgan fingerprint density at radius 2 is 1.62 bits per heavy atom. The molecule has 2 amide bonds. The van der Waals surface area contributed by atoms with Gasteiger partial charge in [-0.15, -0.1) is 0 Å². The van der Waals surface area contributed by atoms with Crippen LogP contribution in [0.4, 0.5) is 26.6 Å². The van der Waals surface area contributed by atoms with Crippen molar-refractivity contribution in [3.05, 3.63) is 11.9 Å². The van der Waals surface area contributed by atoms with Gasteiger partial charge in [-0.3, -0.25) is 9.59 Å². The number of piperidine rings is 1. The molecule has 0 aromatic carbocycles. The molecule has 0 bridgehead atoms. The lowest BCUT2D eigenvalue weighted by atomic mass is 9.93. The van der Waals surface area contributed by atoms with Gasteiger partial charge in [-0.1, -0.05) is 0 Å². The summed E-state index contributed by atoms with van der Waals surface area (Å²) in [6.07, 6.45) is 1.32. The number of ether oxygens (including phenoxy) is 1. The Balaban J connectivity index is 1.32. The number of piperazine rings is 1. The maximum atomic E-state index is 13.8. The molecule has 5 heterocycles. The van der Waals surface area contributed by atoms with Crippen molar-refractivity contribution in [2.24, 2.45) is 5.92 Å². The van der Waals surface area contributed by atoms with Crippen LogP contribution >= 0.6 is 0 Å². The molecule has 0 aliphatic carbocycles. The summed E-state index contributed by atoms with van der Waals surface area (Å²) in [6, 6.07) is 0. The third-order valence-corrected chi connectivity index (χ3v) is 7.37. The summed E-state index contributed by atoms with van der Waals surface area (Å²) in [4.78, 5) is 52.6. The van der Waals surface area contributed by atoms with Crippen molar-refractivity contribution in [1.82, 2.24) is 34.7 Å². The summed E-state index contributed by atoms with van der Waals surface area (Å²) < 4.78 is 33.1. The van der Waals surface area contributed by atoms with Gasteiger partial charge in [0, 0.05) is 65.0 Å². The first-order valence-electron chi connectivity index (χ1n) is 13.1. The maximum absolute atomic E-state index is 13.8. The smallest absolute Gasteiger partial charge is 0.281 e. The molecule has 0 spiro atoms. The lowest BCUT2D eigenvalue weighted by molar-refractivity contribution is -0.133. The van der Waals surface area contributed by atoms with Crippen LogP contribution in [-0.4, -0.2) is 113 Å². The molecule has 3 saturated heterocycles. The fraction of sp³-hybridized carbons (Fsp3) is 0.625. The molecule has 0 saturated carbocycles. The molecule has 0 radical (unpaired) electrons. The van der Waals surface area contributed by atoms with Crippen molar-refractivity contribution < 1.29 is 23.1 Å². The molecule has 3 fully saturated rings. The molecular weight excluding hydrogens is 514 g/mol. The number of amides is 2. The van der Waals surface area contributed by atoms with Crippen molar-refractivity contribution in [3.63, 3.8) is 0 Å². The minimum absolute atomic E-state index is 0.00759. The van der Waals surface area contributed by atoms with Crippen LogP contribution in [0.5, 0.6) is 0 Å². The standard InChI is InChI=1S/C24H32F2N10O3/c25-20(26)19-17(14-28-22(27)29-19)21-30-23(32-24(31-21)36-9-11-39-12-10-36)35-7-5-34(6-8-35)18(38)13-16-1-3-33(15-37)4-2-16/h14-16,20H,1-13H2,(H2,27,28,29). The number of morpholine rings is 1. The van der Waals surface area contributed by atoms with Crippen LogP contribution in [0.25, 0.3) is 11.4 Å². The first-order chi connectivity index (χ1) is 18.9. The number of hydrogen-bond donors (Lipinski definition) is 1. The van der Waals surface area contributed by atoms with E-state index >= 15 is 0 Å². The van der Waals surface area contributed by atoms with Crippen LogP contribution in [0.1, 0.15) is 31.4 Å². The Labute approximate surface area is 224 Å². The van der Waals surface area contributed by atoms with E-state index in [1.807, 2.05) is 14.7 Å². The number of carbonyl (C=O) groups is 2. The third kappa shape index (κ3) is 6.29. The predicted octanol–water partition coefficient (Wildman–Crippen LogP) is 0.592. The maximum Gasteiger partial charge on any atom is 0.281 e. The van der Waals surface area contributed by atoms with Crippen LogP contribution in [0.15, 0.2) is 6.20 Å². The van der Waals surface area contributed by atoms with E-state index in [0.29, 0.717) is 83.9 Å². The Bertz CT molecular complexity index is 1170. The molecule has 39 heavy (non-hydrogen) atoms. The number of nitrogen functional groups attached to an aromatic ring is 1. The topological polar surface area (TPSA) is 147 Å². The van der Waals surface area contributed by atoms with Gasteiger partial charge in [0.1, 0.15) is 5.69 Å². The average molecular weight is 547 g/mol. The quantitative estimate of drug-likeness (QED) is 0.487. The lowest BCUT2D eigenvalue weighted by Crippen LogP contribution is -2.50. The molecule has 2 aromatic heterocycles. The van der Waals surface area contributed by atoms with Gasteiger partial charge in [-0.25, -0.2) is 18.7 Å². The molecule has 13 nitrogen and oxygen atoms in total. The summed E-state index contributed by atoms with van der Waals surface area (Å²) in [5.41, 5.74) is 5.01. The largest absolute Gasteiger partial charge is 0.378 e. The number of likely N-dealkylation sites (tertiary alicyclic amines) is 1. The third-order valence-electron chi connectivity index (χ3n) is 7.37. The van der Waals surface area contributed by atoms with Crippen molar-refractivity contribution in [2.45, 2.75) is 25.7 Å². The fourth-order valence-corrected chi connectivity index (χ4v) is 5.06. The van der Waals surface area contributed by atoms with Crippen LogP contribution < -0.4 is 15.5 Å². The second-order valence-electron chi connectivity index (χ2n) is 9.84. The van der Waals surface area contributed by atoms with Crippen molar-refractivity contribution >= 4 is 30.2 Å². The Kier molecular flexibility index (Phi) is 8.24. The van der Waals surface area contributed by atoms with Crippen molar-refractivity contribution in [2.75, 3.05) is 81.1 Å². The van der Waals surface area contributed by atoms with Gasteiger partial charge in [-0.2, -0.15) is 15.0 Å². The molecule has 0 atom stereocenters.